The van der Waals surface area contributed by atoms with E-state index in [2.05, 4.69) is 0 Å². The highest BCUT2D eigenvalue weighted by molar-refractivity contribution is 8.00. The number of nitrogens with zero attached hydrogens (tertiary/aromatic N) is 2. The lowest BCUT2D eigenvalue weighted by Crippen LogP contribution is -2.50. The number of piperazine rings is 1. The molecule has 0 aliphatic carbocycles. The monoisotopic (exact) mass is 420 g/mol. The highest BCUT2D eigenvalue weighted by Crippen LogP contribution is 2.22. The van der Waals surface area contributed by atoms with E-state index in [4.69, 9.17) is 4.74 Å². The van der Waals surface area contributed by atoms with E-state index in [0.717, 1.165) is 16.2 Å². The molecule has 1 amide bonds. The van der Waals surface area contributed by atoms with Gasteiger partial charge in [0, 0.05) is 31.1 Å². The number of carbonyl (C=O) groups is 1. The molecule has 1 saturated heterocycles. The molecule has 1 heterocycles. The van der Waals surface area contributed by atoms with E-state index >= 15 is 0 Å². The number of benzene rings is 2. The van der Waals surface area contributed by atoms with Crippen LogP contribution in [0.25, 0.3) is 0 Å². The van der Waals surface area contributed by atoms with Crippen molar-refractivity contribution in [3.05, 3.63) is 54.1 Å². The average molecular weight is 421 g/mol. The fourth-order valence-electron chi connectivity index (χ4n) is 2.95. The van der Waals surface area contributed by atoms with Crippen LogP contribution in [0.1, 0.15) is 5.56 Å². The average Bonchev–Trinajstić information content (AvgIpc) is 2.73. The summed E-state index contributed by atoms with van der Waals surface area (Å²) < 4.78 is 32.1. The van der Waals surface area contributed by atoms with Crippen molar-refractivity contribution in [2.75, 3.05) is 39.0 Å². The lowest BCUT2D eigenvalue weighted by atomic mass is 10.2. The Labute approximate surface area is 170 Å². The van der Waals surface area contributed by atoms with Crippen LogP contribution >= 0.6 is 11.8 Å². The minimum atomic E-state index is -3.51. The molecule has 1 aliphatic rings. The van der Waals surface area contributed by atoms with E-state index in [1.807, 2.05) is 31.2 Å². The van der Waals surface area contributed by atoms with Crippen LogP contribution in [0.3, 0.4) is 0 Å². The van der Waals surface area contributed by atoms with E-state index in [0.29, 0.717) is 36.8 Å². The zero-order valence-electron chi connectivity index (χ0n) is 16.0. The van der Waals surface area contributed by atoms with Gasteiger partial charge in [-0.05, 0) is 43.3 Å². The highest BCUT2D eigenvalue weighted by atomic mass is 32.2. The molecule has 0 radical (unpaired) electrons. The van der Waals surface area contributed by atoms with Crippen molar-refractivity contribution in [1.29, 1.82) is 0 Å². The molecule has 3 rings (SSSR count). The lowest BCUT2D eigenvalue weighted by molar-refractivity contribution is -0.129. The Bertz CT molecular complexity index is 904. The van der Waals surface area contributed by atoms with Crippen molar-refractivity contribution in [2.45, 2.75) is 16.7 Å². The summed E-state index contributed by atoms with van der Waals surface area (Å²) in [5, 5.41) is 0. The Kier molecular flexibility index (Phi) is 6.64. The Hall–Kier alpha value is -2.03. The largest absolute Gasteiger partial charge is 0.497 e. The van der Waals surface area contributed by atoms with Gasteiger partial charge in [-0.15, -0.1) is 11.8 Å². The SMILES string of the molecule is COc1ccc(SCC(=O)N2CCN(S(=O)(=O)c3ccc(C)cc3)CC2)cc1. The summed E-state index contributed by atoms with van der Waals surface area (Å²) in [6.07, 6.45) is 0. The van der Waals surface area contributed by atoms with Crippen LogP contribution in [0.2, 0.25) is 0 Å². The molecule has 1 aliphatic heterocycles. The first-order chi connectivity index (χ1) is 13.4. The van der Waals surface area contributed by atoms with Gasteiger partial charge in [-0.1, -0.05) is 17.7 Å². The predicted molar refractivity (Wildman–Crippen MR) is 110 cm³/mol. The molecule has 28 heavy (non-hydrogen) atoms. The van der Waals surface area contributed by atoms with Gasteiger partial charge in [-0.25, -0.2) is 8.42 Å². The van der Waals surface area contributed by atoms with Crippen LogP contribution in [0, 0.1) is 6.92 Å². The number of carbonyl (C=O) groups excluding carboxylic acids is 1. The number of sulfonamides is 1. The first kappa shape index (κ1) is 20.7. The molecule has 0 spiro atoms. The van der Waals surface area contributed by atoms with Crippen LogP contribution in [0.5, 0.6) is 5.75 Å². The number of ether oxygens (including phenoxy) is 1. The molecule has 0 atom stereocenters. The van der Waals surface area contributed by atoms with Gasteiger partial charge in [0.25, 0.3) is 0 Å². The number of amides is 1. The lowest BCUT2D eigenvalue weighted by Gasteiger charge is -2.34. The zero-order valence-corrected chi connectivity index (χ0v) is 17.6. The molecule has 150 valence electrons. The number of rotatable bonds is 6. The van der Waals surface area contributed by atoms with E-state index in [1.165, 1.54) is 16.1 Å². The summed E-state index contributed by atoms with van der Waals surface area (Å²) in [5.74, 6) is 1.13. The van der Waals surface area contributed by atoms with Gasteiger partial charge in [0.2, 0.25) is 15.9 Å². The Morgan fingerprint density at radius 1 is 1.00 bits per heavy atom. The van der Waals surface area contributed by atoms with Crippen LogP contribution in [0.15, 0.2) is 58.3 Å². The molecule has 8 heteroatoms. The second kappa shape index (κ2) is 8.98. The fourth-order valence-corrected chi connectivity index (χ4v) is 5.17. The zero-order chi connectivity index (χ0) is 20.1. The first-order valence-electron chi connectivity index (χ1n) is 9.01. The summed E-state index contributed by atoms with van der Waals surface area (Å²) in [7, 11) is -1.90. The van der Waals surface area contributed by atoms with Crippen LogP contribution in [-0.4, -0.2) is 62.6 Å². The molecule has 0 saturated carbocycles. The van der Waals surface area contributed by atoms with Crippen molar-refractivity contribution >= 4 is 27.7 Å². The number of hydrogen-bond acceptors (Lipinski definition) is 5. The molecule has 0 aromatic heterocycles. The van der Waals surface area contributed by atoms with Gasteiger partial charge in [0.1, 0.15) is 5.75 Å². The third kappa shape index (κ3) is 4.87. The van der Waals surface area contributed by atoms with Gasteiger partial charge in [-0.2, -0.15) is 4.31 Å². The topological polar surface area (TPSA) is 66.9 Å². The summed E-state index contributed by atoms with van der Waals surface area (Å²) in [4.78, 5) is 15.5. The first-order valence-corrected chi connectivity index (χ1v) is 11.4. The smallest absolute Gasteiger partial charge is 0.243 e. The molecular formula is C20H24N2O4S2. The minimum absolute atomic E-state index is 0.0215. The standard InChI is InChI=1S/C20H24N2O4S2/c1-16-3-9-19(10-4-16)28(24,25)22-13-11-21(12-14-22)20(23)15-27-18-7-5-17(26-2)6-8-18/h3-10H,11-15H2,1-2H3. The van der Waals surface area contributed by atoms with Crippen molar-refractivity contribution in [3.8, 4) is 5.75 Å². The van der Waals surface area contributed by atoms with Gasteiger partial charge in [0.05, 0.1) is 17.8 Å². The van der Waals surface area contributed by atoms with Crippen LogP contribution < -0.4 is 4.74 Å². The van der Waals surface area contributed by atoms with Gasteiger partial charge in [0.15, 0.2) is 0 Å². The normalized spacial score (nSPS) is 15.4. The number of hydrogen-bond donors (Lipinski definition) is 0. The molecule has 2 aromatic rings. The summed E-state index contributed by atoms with van der Waals surface area (Å²) in [6.45, 7) is 3.37. The Balaban J connectivity index is 1.52. The van der Waals surface area contributed by atoms with Crippen molar-refractivity contribution in [1.82, 2.24) is 9.21 Å². The minimum Gasteiger partial charge on any atom is -0.497 e. The second-order valence-corrected chi connectivity index (χ2v) is 9.55. The summed E-state index contributed by atoms with van der Waals surface area (Å²) in [6, 6.07) is 14.4. The van der Waals surface area contributed by atoms with Gasteiger partial charge >= 0.3 is 0 Å². The molecular weight excluding hydrogens is 396 g/mol. The maximum Gasteiger partial charge on any atom is 0.243 e. The number of methoxy groups -OCH3 is 1. The van der Waals surface area contributed by atoms with E-state index in [1.54, 1.807) is 36.3 Å². The van der Waals surface area contributed by atoms with Crippen molar-refractivity contribution in [2.24, 2.45) is 0 Å². The molecule has 2 aromatic carbocycles. The quantitative estimate of drug-likeness (QED) is 0.672. The van der Waals surface area contributed by atoms with E-state index in [-0.39, 0.29) is 5.91 Å². The molecule has 0 unspecified atom stereocenters. The third-order valence-electron chi connectivity index (χ3n) is 4.67. The van der Waals surface area contributed by atoms with Crippen LogP contribution in [-0.2, 0) is 14.8 Å². The van der Waals surface area contributed by atoms with Crippen LogP contribution in [0.4, 0.5) is 0 Å². The Morgan fingerprint density at radius 2 is 1.61 bits per heavy atom. The van der Waals surface area contributed by atoms with Crippen molar-refractivity contribution in [3.63, 3.8) is 0 Å². The molecule has 1 fully saturated rings. The molecule has 0 bridgehead atoms. The number of aryl methyl sites for hydroxylation is 1. The van der Waals surface area contributed by atoms with E-state index in [9.17, 15) is 13.2 Å². The van der Waals surface area contributed by atoms with E-state index < -0.39 is 10.0 Å². The van der Waals surface area contributed by atoms with Gasteiger partial charge < -0.3 is 9.64 Å². The molecule has 6 nitrogen and oxygen atoms in total. The van der Waals surface area contributed by atoms with Gasteiger partial charge in [-0.3, -0.25) is 4.79 Å². The fraction of sp³-hybridized carbons (Fsp3) is 0.350. The highest BCUT2D eigenvalue weighted by Gasteiger charge is 2.29. The maximum absolute atomic E-state index is 12.7. The second-order valence-electron chi connectivity index (χ2n) is 6.56. The maximum atomic E-state index is 12.7. The molecule has 0 N–H and O–H groups in total. The summed E-state index contributed by atoms with van der Waals surface area (Å²) >= 11 is 1.47. The van der Waals surface area contributed by atoms with Crippen molar-refractivity contribution < 1.29 is 17.9 Å². The third-order valence-corrected chi connectivity index (χ3v) is 7.58. The predicted octanol–water partition coefficient (Wildman–Crippen LogP) is 2.63. The number of thioether (sulfide) groups is 1. The Morgan fingerprint density at radius 3 is 2.18 bits per heavy atom. The summed E-state index contributed by atoms with van der Waals surface area (Å²) in [5.41, 5.74) is 1.02.